The van der Waals surface area contributed by atoms with Crippen LogP contribution in [0.5, 0.6) is 0 Å². The van der Waals surface area contributed by atoms with E-state index < -0.39 is 0 Å². The number of hydrogen-bond donors (Lipinski definition) is 0. The molecule has 1 aliphatic rings. The first-order valence-corrected chi connectivity index (χ1v) is 4.71. The average Bonchev–Trinajstić information content (AvgIpc) is 2.19. The molecule has 0 spiro atoms. The van der Waals surface area contributed by atoms with E-state index in [0.717, 1.165) is 19.3 Å². The highest BCUT2D eigenvalue weighted by molar-refractivity contribution is 5.81. The lowest BCUT2D eigenvalue weighted by Gasteiger charge is -2.27. The summed E-state index contributed by atoms with van der Waals surface area (Å²) >= 11 is 0. The van der Waals surface area contributed by atoms with E-state index in [9.17, 15) is 4.79 Å². The number of esters is 1. The molecule has 2 unspecified atom stereocenters. The van der Waals surface area contributed by atoms with Crippen LogP contribution in [-0.2, 0) is 14.3 Å². The van der Waals surface area contributed by atoms with Gasteiger partial charge in [-0.15, -0.1) is 0 Å². The molecule has 1 fully saturated rings. The zero-order valence-electron chi connectivity index (χ0n) is 7.99. The lowest BCUT2D eigenvalue weighted by molar-refractivity contribution is -0.152. The van der Waals surface area contributed by atoms with Crippen LogP contribution < -0.4 is 0 Å². The fourth-order valence-electron chi connectivity index (χ4n) is 1.41. The summed E-state index contributed by atoms with van der Waals surface area (Å²) in [6.45, 7) is 5.97. The Morgan fingerprint density at radius 2 is 2.46 bits per heavy atom. The number of ether oxygens (including phenoxy) is 2. The molecule has 1 heterocycles. The summed E-state index contributed by atoms with van der Waals surface area (Å²) in [6, 6.07) is 0. The second-order valence-corrected chi connectivity index (χ2v) is 3.20. The molecule has 1 saturated heterocycles. The van der Waals surface area contributed by atoms with Crippen molar-refractivity contribution in [1.82, 2.24) is 0 Å². The van der Waals surface area contributed by atoms with Crippen molar-refractivity contribution < 1.29 is 14.3 Å². The third-order valence-electron chi connectivity index (χ3n) is 2.23. The predicted octanol–water partition coefficient (Wildman–Crippen LogP) is 1.67. The normalized spacial score (nSPS) is 28.1. The number of hydrogen-bond acceptors (Lipinski definition) is 3. The van der Waals surface area contributed by atoms with Crippen molar-refractivity contribution in [2.75, 3.05) is 6.61 Å². The third-order valence-corrected chi connectivity index (χ3v) is 2.23. The summed E-state index contributed by atoms with van der Waals surface area (Å²) in [5, 5.41) is 0. The quantitative estimate of drug-likeness (QED) is 0.494. The molecule has 2 atom stereocenters. The highest BCUT2D eigenvalue weighted by Crippen LogP contribution is 2.18. The summed E-state index contributed by atoms with van der Waals surface area (Å²) in [5.74, 6) is -0.358. The van der Waals surface area contributed by atoms with Crippen LogP contribution in [0.2, 0.25) is 0 Å². The minimum Gasteiger partial charge on any atom is -0.457 e. The van der Waals surface area contributed by atoms with E-state index in [1.807, 2.05) is 0 Å². The first-order chi connectivity index (χ1) is 6.26. The van der Waals surface area contributed by atoms with Crippen LogP contribution in [0.25, 0.3) is 0 Å². The molecule has 0 N–H and O–H groups in total. The predicted molar refractivity (Wildman–Crippen MR) is 49.3 cm³/mol. The first kappa shape index (κ1) is 10.3. The van der Waals surface area contributed by atoms with Crippen LogP contribution in [0.1, 0.15) is 26.2 Å². The molecule has 3 heteroatoms. The zero-order valence-corrected chi connectivity index (χ0v) is 7.99. The van der Waals surface area contributed by atoms with Gasteiger partial charge in [-0.3, -0.25) is 0 Å². The molecule has 0 amide bonds. The van der Waals surface area contributed by atoms with E-state index in [4.69, 9.17) is 9.47 Å². The fourth-order valence-corrected chi connectivity index (χ4v) is 1.41. The minimum absolute atomic E-state index is 0.0756. The third kappa shape index (κ3) is 3.19. The minimum atomic E-state index is -0.358. The Morgan fingerprint density at radius 3 is 2.92 bits per heavy atom. The van der Waals surface area contributed by atoms with Crippen molar-refractivity contribution in [1.29, 1.82) is 0 Å². The average molecular weight is 184 g/mol. The Balaban J connectivity index is 2.24. The zero-order chi connectivity index (χ0) is 9.68. The van der Waals surface area contributed by atoms with Crippen LogP contribution in [-0.4, -0.2) is 24.8 Å². The standard InChI is InChI=1S/C10H16O3/c1-3-8-5-6-9(7-12-8)13-10(11)4-2/h4,8-9H,2-3,5-7H2,1H3. The second-order valence-electron chi connectivity index (χ2n) is 3.20. The van der Waals surface area contributed by atoms with Gasteiger partial charge in [0.1, 0.15) is 6.10 Å². The molecular formula is C10H16O3. The van der Waals surface area contributed by atoms with Crippen molar-refractivity contribution in [2.45, 2.75) is 38.4 Å². The van der Waals surface area contributed by atoms with Gasteiger partial charge in [-0.25, -0.2) is 4.79 Å². The smallest absolute Gasteiger partial charge is 0.330 e. The fraction of sp³-hybridized carbons (Fsp3) is 0.700. The molecule has 1 rings (SSSR count). The number of rotatable bonds is 3. The summed E-state index contributed by atoms with van der Waals surface area (Å²) in [6.07, 6.45) is 4.37. The van der Waals surface area contributed by atoms with Crippen LogP contribution >= 0.6 is 0 Å². The highest BCUT2D eigenvalue weighted by Gasteiger charge is 2.22. The molecule has 0 aromatic carbocycles. The summed E-state index contributed by atoms with van der Waals surface area (Å²) in [7, 11) is 0. The van der Waals surface area contributed by atoms with Gasteiger partial charge in [-0.2, -0.15) is 0 Å². The van der Waals surface area contributed by atoms with Crippen molar-refractivity contribution in [2.24, 2.45) is 0 Å². The molecule has 0 aliphatic carbocycles. The maximum absolute atomic E-state index is 10.8. The summed E-state index contributed by atoms with van der Waals surface area (Å²) in [4.78, 5) is 10.8. The maximum atomic E-state index is 10.8. The van der Waals surface area contributed by atoms with Crippen LogP contribution in [0.4, 0.5) is 0 Å². The van der Waals surface area contributed by atoms with Gasteiger partial charge in [0.05, 0.1) is 12.7 Å². The van der Waals surface area contributed by atoms with Crippen molar-refractivity contribution in [3.63, 3.8) is 0 Å². The maximum Gasteiger partial charge on any atom is 0.330 e. The van der Waals surface area contributed by atoms with Gasteiger partial charge in [-0.05, 0) is 19.3 Å². The van der Waals surface area contributed by atoms with Crippen LogP contribution in [0.3, 0.4) is 0 Å². The van der Waals surface area contributed by atoms with E-state index >= 15 is 0 Å². The van der Waals surface area contributed by atoms with E-state index in [-0.39, 0.29) is 12.1 Å². The van der Waals surface area contributed by atoms with Crippen molar-refractivity contribution in [3.05, 3.63) is 12.7 Å². The van der Waals surface area contributed by atoms with E-state index in [1.165, 1.54) is 6.08 Å². The molecular weight excluding hydrogens is 168 g/mol. The molecule has 0 aromatic heterocycles. The van der Waals surface area contributed by atoms with E-state index in [2.05, 4.69) is 13.5 Å². The Bertz CT molecular complexity index is 181. The lowest BCUT2D eigenvalue weighted by atomic mass is 10.1. The van der Waals surface area contributed by atoms with Gasteiger partial charge in [0, 0.05) is 6.08 Å². The van der Waals surface area contributed by atoms with Gasteiger partial charge in [0.15, 0.2) is 0 Å². The molecule has 74 valence electrons. The molecule has 1 aliphatic heterocycles. The van der Waals surface area contributed by atoms with Crippen LogP contribution in [0, 0.1) is 0 Å². The van der Waals surface area contributed by atoms with Gasteiger partial charge >= 0.3 is 5.97 Å². The molecule has 0 bridgehead atoms. The van der Waals surface area contributed by atoms with Gasteiger partial charge in [0.2, 0.25) is 0 Å². The molecule has 0 radical (unpaired) electrons. The van der Waals surface area contributed by atoms with E-state index in [1.54, 1.807) is 0 Å². The van der Waals surface area contributed by atoms with Gasteiger partial charge in [0.25, 0.3) is 0 Å². The van der Waals surface area contributed by atoms with Gasteiger partial charge in [-0.1, -0.05) is 13.5 Å². The van der Waals surface area contributed by atoms with Crippen molar-refractivity contribution in [3.8, 4) is 0 Å². The molecule has 0 aromatic rings. The molecule has 13 heavy (non-hydrogen) atoms. The highest BCUT2D eigenvalue weighted by atomic mass is 16.6. The number of carbonyl (C=O) groups excluding carboxylic acids is 1. The Morgan fingerprint density at radius 1 is 1.69 bits per heavy atom. The molecule has 3 nitrogen and oxygen atoms in total. The Labute approximate surface area is 78.7 Å². The largest absolute Gasteiger partial charge is 0.457 e. The Hall–Kier alpha value is -0.830. The first-order valence-electron chi connectivity index (χ1n) is 4.71. The Kier molecular flexibility index (Phi) is 3.96. The topological polar surface area (TPSA) is 35.5 Å². The van der Waals surface area contributed by atoms with Crippen LogP contribution in [0.15, 0.2) is 12.7 Å². The lowest BCUT2D eigenvalue weighted by Crippen LogP contribution is -2.32. The summed E-state index contributed by atoms with van der Waals surface area (Å²) in [5.41, 5.74) is 0. The van der Waals surface area contributed by atoms with Crippen molar-refractivity contribution >= 4 is 5.97 Å². The van der Waals surface area contributed by atoms with Gasteiger partial charge < -0.3 is 9.47 Å². The summed E-state index contributed by atoms with van der Waals surface area (Å²) < 4.78 is 10.5. The SMILES string of the molecule is C=CC(=O)OC1CCC(CC)OC1. The molecule has 0 saturated carbocycles. The monoisotopic (exact) mass is 184 g/mol. The second kappa shape index (κ2) is 5.02. The van der Waals surface area contributed by atoms with E-state index in [0.29, 0.717) is 12.7 Å². The number of carbonyl (C=O) groups is 1.